The number of benzene rings is 1. The molecule has 1 saturated carbocycles. The summed E-state index contributed by atoms with van der Waals surface area (Å²) in [6.07, 6.45) is -1.81. The van der Waals surface area contributed by atoms with Crippen molar-refractivity contribution in [2.75, 3.05) is 0 Å². The molecule has 16 heavy (non-hydrogen) atoms. The van der Waals surface area contributed by atoms with Crippen molar-refractivity contribution in [3.05, 3.63) is 34.3 Å². The van der Waals surface area contributed by atoms with Gasteiger partial charge in [0.05, 0.1) is 5.56 Å². The summed E-state index contributed by atoms with van der Waals surface area (Å²) in [4.78, 5) is 0. The van der Waals surface area contributed by atoms with Gasteiger partial charge in [0.2, 0.25) is 0 Å². The largest absolute Gasteiger partial charge is 0.416 e. The molecule has 1 aromatic rings. The molecule has 1 nitrogen and oxygen atoms in total. The summed E-state index contributed by atoms with van der Waals surface area (Å²) < 4.78 is 37.2. The van der Waals surface area contributed by atoms with Crippen molar-refractivity contribution in [2.45, 2.75) is 31.0 Å². The van der Waals surface area contributed by atoms with Gasteiger partial charge in [0, 0.05) is 10.6 Å². The second kappa shape index (κ2) is 3.64. The fourth-order valence-electron chi connectivity index (χ4n) is 1.92. The third kappa shape index (κ3) is 1.92. The number of alkyl halides is 3. The van der Waals surface area contributed by atoms with E-state index in [-0.39, 0.29) is 5.02 Å². The zero-order chi connectivity index (χ0) is 12.0. The molecule has 0 radical (unpaired) electrons. The zero-order valence-corrected chi connectivity index (χ0v) is 9.20. The predicted molar refractivity (Wildman–Crippen MR) is 56.2 cm³/mol. The Hall–Kier alpha value is -0.740. The number of hydrogen-bond acceptors (Lipinski definition) is 1. The molecular weight excluding hydrogens is 239 g/mol. The topological polar surface area (TPSA) is 26.0 Å². The lowest BCUT2D eigenvalue weighted by Gasteiger charge is -2.39. The highest BCUT2D eigenvalue weighted by Gasteiger charge is 2.37. The van der Waals surface area contributed by atoms with E-state index in [1.54, 1.807) is 0 Å². The van der Waals surface area contributed by atoms with Gasteiger partial charge in [0.1, 0.15) is 0 Å². The quantitative estimate of drug-likeness (QED) is 0.807. The third-order valence-corrected chi connectivity index (χ3v) is 3.39. The molecule has 0 aliphatic heterocycles. The van der Waals surface area contributed by atoms with E-state index in [2.05, 4.69) is 0 Å². The van der Waals surface area contributed by atoms with Gasteiger partial charge >= 0.3 is 6.18 Å². The lowest BCUT2D eigenvalue weighted by atomic mass is 9.72. The molecule has 0 atom stereocenters. The summed E-state index contributed by atoms with van der Waals surface area (Å²) >= 11 is 5.85. The molecule has 0 amide bonds. The Morgan fingerprint density at radius 1 is 1.25 bits per heavy atom. The van der Waals surface area contributed by atoms with E-state index in [9.17, 15) is 13.2 Å². The van der Waals surface area contributed by atoms with E-state index < -0.39 is 17.3 Å². The van der Waals surface area contributed by atoms with Gasteiger partial charge in [0.25, 0.3) is 0 Å². The first kappa shape index (κ1) is 11.7. The fourth-order valence-corrected chi connectivity index (χ4v) is 2.29. The molecule has 1 aromatic carbocycles. The van der Waals surface area contributed by atoms with Gasteiger partial charge in [-0.15, -0.1) is 0 Å². The maximum Gasteiger partial charge on any atom is 0.416 e. The van der Waals surface area contributed by atoms with Gasteiger partial charge in [-0.3, -0.25) is 0 Å². The summed E-state index contributed by atoms with van der Waals surface area (Å²) in [5, 5.41) is 0.108. The van der Waals surface area contributed by atoms with Crippen molar-refractivity contribution in [1.82, 2.24) is 0 Å². The van der Waals surface area contributed by atoms with E-state index in [1.807, 2.05) is 0 Å². The lowest BCUT2D eigenvalue weighted by Crippen LogP contribution is -2.43. The predicted octanol–water partition coefficient (Wildman–Crippen LogP) is 3.70. The van der Waals surface area contributed by atoms with Crippen molar-refractivity contribution in [3.63, 3.8) is 0 Å². The van der Waals surface area contributed by atoms with Crippen molar-refractivity contribution in [3.8, 4) is 0 Å². The van der Waals surface area contributed by atoms with Crippen LogP contribution >= 0.6 is 11.6 Å². The fraction of sp³-hybridized carbons (Fsp3) is 0.455. The van der Waals surface area contributed by atoms with E-state index in [4.69, 9.17) is 17.3 Å². The van der Waals surface area contributed by atoms with Gasteiger partial charge in [-0.05, 0) is 37.0 Å². The average Bonchev–Trinajstić information content (AvgIpc) is 2.12. The molecule has 0 spiro atoms. The highest BCUT2D eigenvalue weighted by Crippen LogP contribution is 2.43. The molecule has 88 valence electrons. The van der Waals surface area contributed by atoms with E-state index in [0.717, 1.165) is 31.4 Å². The van der Waals surface area contributed by atoms with Crippen LogP contribution in [0.1, 0.15) is 30.4 Å². The monoisotopic (exact) mass is 249 g/mol. The van der Waals surface area contributed by atoms with Crippen LogP contribution < -0.4 is 5.73 Å². The minimum Gasteiger partial charge on any atom is -0.321 e. The highest BCUT2D eigenvalue weighted by atomic mass is 35.5. The van der Waals surface area contributed by atoms with E-state index >= 15 is 0 Å². The normalized spacial score (nSPS) is 19.3. The first-order valence-electron chi connectivity index (χ1n) is 4.99. The summed E-state index contributed by atoms with van der Waals surface area (Å²) in [5.74, 6) is 0. The van der Waals surface area contributed by atoms with Gasteiger partial charge in [-0.25, -0.2) is 0 Å². The second-order valence-electron chi connectivity index (χ2n) is 4.20. The molecule has 5 heteroatoms. The first-order valence-corrected chi connectivity index (χ1v) is 5.37. The molecule has 0 aromatic heterocycles. The average molecular weight is 250 g/mol. The number of rotatable bonds is 1. The minimum atomic E-state index is -4.36. The Balaban J connectivity index is 2.37. The standard InChI is InChI=1S/C11H11ClF3N/c12-9-6-7(11(13,14)15)2-3-8(9)10(16)4-1-5-10/h2-3,6H,1,4-5,16H2. The highest BCUT2D eigenvalue weighted by molar-refractivity contribution is 6.31. The molecule has 1 aliphatic carbocycles. The maximum absolute atomic E-state index is 12.4. The number of halogens is 4. The molecule has 2 N–H and O–H groups in total. The molecule has 0 bridgehead atoms. The number of hydrogen-bond donors (Lipinski definition) is 1. The molecular formula is C11H11ClF3N. The van der Waals surface area contributed by atoms with Crippen molar-refractivity contribution in [1.29, 1.82) is 0 Å². The van der Waals surface area contributed by atoms with Crippen molar-refractivity contribution in [2.24, 2.45) is 5.73 Å². The van der Waals surface area contributed by atoms with Crippen LogP contribution in [0.4, 0.5) is 13.2 Å². The van der Waals surface area contributed by atoms with Crippen LogP contribution in [-0.2, 0) is 11.7 Å². The van der Waals surface area contributed by atoms with Crippen LogP contribution in [0.25, 0.3) is 0 Å². The van der Waals surface area contributed by atoms with Crippen LogP contribution in [0, 0.1) is 0 Å². The van der Waals surface area contributed by atoms with E-state index in [0.29, 0.717) is 5.56 Å². The molecule has 1 fully saturated rings. The van der Waals surface area contributed by atoms with Crippen LogP contribution in [0.2, 0.25) is 5.02 Å². The van der Waals surface area contributed by atoms with Crippen LogP contribution in [0.5, 0.6) is 0 Å². The summed E-state index contributed by atoms with van der Waals surface area (Å²) in [7, 11) is 0. The van der Waals surface area contributed by atoms with Crippen LogP contribution in [0.15, 0.2) is 18.2 Å². The van der Waals surface area contributed by atoms with Crippen LogP contribution in [0.3, 0.4) is 0 Å². The molecule has 0 saturated heterocycles. The Morgan fingerprint density at radius 3 is 2.25 bits per heavy atom. The summed E-state index contributed by atoms with van der Waals surface area (Å²) in [6, 6.07) is 3.38. The van der Waals surface area contributed by atoms with Crippen molar-refractivity contribution < 1.29 is 13.2 Å². The summed E-state index contributed by atoms with van der Waals surface area (Å²) in [6.45, 7) is 0. The Morgan fingerprint density at radius 2 is 1.88 bits per heavy atom. The van der Waals surface area contributed by atoms with E-state index in [1.165, 1.54) is 6.07 Å². The number of nitrogens with two attached hydrogens (primary N) is 1. The molecule has 2 rings (SSSR count). The first-order chi connectivity index (χ1) is 7.33. The molecule has 0 heterocycles. The Kier molecular flexibility index (Phi) is 2.67. The SMILES string of the molecule is NC1(c2ccc(C(F)(F)F)cc2Cl)CCC1. The van der Waals surface area contributed by atoms with Crippen molar-refractivity contribution >= 4 is 11.6 Å². The Labute approximate surface area is 96.4 Å². The smallest absolute Gasteiger partial charge is 0.321 e. The molecule has 1 aliphatic rings. The maximum atomic E-state index is 12.4. The van der Waals surface area contributed by atoms with Gasteiger partial charge in [0.15, 0.2) is 0 Å². The Bertz CT molecular complexity index is 410. The minimum absolute atomic E-state index is 0.108. The van der Waals surface area contributed by atoms with Crippen LogP contribution in [-0.4, -0.2) is 0 Å². The van der Waals surface area contributed by atoms with Gasteiger partial charge in [-0.1, -0.05) is 17.7 Å². The van der Waals surface area contributed by atoms with Gasteiger partial charge in [-0.2, -0.15) is 13.2 Å². The third-order valence-electron chi connectivity index (χ3n) is 3.08. The van der Waals surface area contributed by atoms with Gasteiger partial charge < -0.3 is 5.73 Å². The molecule has 0 unspecified atom stereocenters. The second-order valence-corrected chi connectivity index (χ2v) is 4.61. The lowest BCUT2D eigenvalue weighted by molar-refractivity contribution is -0.137. The zero-order valence-electron chi connectivity index (χ0n) is 8.44. The summed E-state index contributed by atoms with van der Waals surface area (Å²) in [5.41, 5.74) is 5.38.